The zero-order valence-corrected chi connectivity index (χ0v) is 12.0. The zero-order chi connectivity index (χ0) is 13.8. The van der Waals surface area contributed by atoms with Crippen LogP contribution in [0.15, 0.2) is 46.9 Å². The summed E-state index contributed by atoms with van der Waals surface area (Å²) in [6, 6.07) is 12.1. The van der Waals surface area contributed by atoms with Gasteiger partial charge in [0.15, 0.2) is 11.6 Å². The molecule has 0 fully saturated rings. The van der Waals surface area contributed by atoms with Crippen LogP contribution >= 0.6 is 15.9 Å². The molecule has 2 nitrogen and oxygen atoms in total. The van der Waals surface area contributed by atoms with E-state index >= 15 is 0 Å². The third-order valence-corrected chi connectivity index (χ3v) is 3.20. The zero-order valence-electron chi connectivity index (χ0n) is 10.4. The maximum atomic E-state index is 14.3. The maximum absolute atomic E-state index is 14.3. The molecule has 0 aliphatic carbocycles. The first-order chi connectivity index (χ1) is 9.13. The second kappa shape index (κ2) is 6.17. The standard InChI is InChI=1S/C15H14BrFO2/c1-2-19-13-9-11(16)8-12(14(13)17)15(18)10-6-4-3-5-7-10/h3-9,15,18H,2H2,1H3. The van der Waals surface area contributed by atoms with Crippen molar-refractivity contribution in [2.45, 2.75) is 13.0 Å². The van der Waals surface area contributed by atoms with Crippen molar-refractivity contribution >= 4 is 15.9 Å². The van der Waals surface area contributed by atoms with Gasteiger partial charge in [-0.3, -0.25) is 0 Å². The first-order valence-corrected chi connectivity index (χ1v) is 6.77. The summed E-state index contributed by atoms with van der Waals surface area (Å²) in [7, 11) is 0. The lowest BCUT2D eigenvalue weighted by atomic mass is 10.0. The van der Waals surface area contributed by atoms with E-state index in [0.29, 0.717) is 16.6 Å². The normalized spacial score (nSPS) is 12.2. The lowest BCUT2D eigenvalue weighted by Crippen LogP contribution is -2.05. The molecule has 2 aromatic carbocycles. The molecule has 0 saturated carbocycles. The van der Waals surface area contributed by atoms with E-state index in [1.165, 1.54) is 0 Å². The van der Waals surface area contributed by atoms with Crippen molar-refractivity contribution < 1.29 is 14.2 Å². The molecular formula is C15H14BrFO2. The van der Waals surface area contributed by atoms with Gasteiger partial charge in [-0.25, -0.2) is 4.39 Å². The lowest BCUT2D eigenvalue weighted by Gasteiger charge is -2.15. The van der Waals surface area contributed by atoms with Crippen molar-refractivity contribution in [1.29, 1.82) is 0 Å². The van der Waals surface area contributed by atoms with Gasteiger partial charge in [0.25, 0.3) is 0 Å². The van der Waals surface area contributed by atoms with E-state index in [9.17, 15) is 9.50 Å². The Morgan fingerprint density at radius 3 is 2.58 bits per heavy atom. The highest BCUT2D eigenvalue weighted by Gasteiger charge is 2.19. The Balaban J connectivity index is 2.44. The highest BCUT2D eigenvalue weighted by Crippen LogP contribution is 2.32. The highest BCUT2D eigenvalue weighted by molar-refractivity contribution is 9.10. The fourth-order valence-corrected chi connectivity index (χ4v) is 2.31. The van der Waals surface area contributed by atoms with E-state index in [0.717, 1.165) is 0 Å². The molecule has 1 N–H and O–H groups in total. The van der Waals surface area contributed by atoms with E-state index < -0.39 is 11.9 Å². The van der Waals surface area contributed by atoms with Crippen LogP contribution in [0.25, 0.3) is 0 Å². The molecule has 100 valence electrons. The van der Waals surface area contributed by atoms with Crippen molar-refractivity contribution in [3.05, 3.63) is 63.9 Å². The second-order valence-electron chi connectivity index (χ2n) is 4.05. The molecule has 0 radical (unpaired) electrons. The lowest BCUT2D eigenvalue weighted by molar-refractivity contribution is 0.212. The van der Waals surface area contributed by atoms with E-state index in [2.05, 4.69) is 15.9 Å². The summed E-state index contributed by atoms with van der Waals surface area (Å²) >= 11 is 3.30. The highest BCUT2D eigenvalue weighted by atomic mass is 79.9. The largest absolute Gasteiger partial charge is 0.491 e. The average molecular weight is 325 g/mol. The molecule has 2 aromatic rings. The number of ether oxygens (including phenoxy) is 1. The van der Waals surface area contributed by atoms with E-state index in [4.69, 9.17) is 4.74 Å². The Hall–Kier alpha value is -1.39. The quantitative estimate of drug-likeness (QED) is 0.918. The summed E-state index contributed by atoms with van der Waals surface area (Å²) < 4.78 is 20.2. The molecule has 0 aliphatic heterocycles. The third-order valence-electron chi connectivity index (χ3n) is 2.74. The van der Waals surface area contributed by atoms with E-state index in [-0.39, 0.29) is 11.3 Å². The number of hydrogen-bond acceptors (Lipinski definition) is 2. The first kappa shape index (κ1) is 14.0. The van der Waals surface area contributed by atoms with Crippen LogP contribution in [0.3, 0.4) is 0 Å². The fourth-order valence-electron chi connectivity index (χ4n) is 1.86. The van der Waals surface area contributed by atoms with Crippen LogP contribution in [0.1, 0.15) is 24.2 Å². The van der Waals surface area contributed by atoms with Gasteiger partial charge in [0.05, 0.1) is 6.61 Å². The van der Waals surface area contributed by atoms with Gasteiger partial charge in [-0.15, -0.1) is 0 Å². The van der Waals surface area contributed by atoms with Crippen LogP contribution in [0.5, 0.6) is 5.75 Å². The molecule has 0 amide bonds. The molecule has 0 spiro atoms. The van der Waals surface area contributed by atoms with Gasteiger partial charge in [-0.1, -0.05) is 46.3 Å². The smallest absolute Gasteiger partial charge is 0.171 e. The molecule has 0 aromatic heterocycles. The predicted molar refractivity (Wildman–Crippen MR) is 75.8 cm³/mol. The molecule has 1 atom stereocenters. The Morgan fingerprint density at radius 1 is 1.26 bits per heavy atom. The number of hydrogen-bond donors (Lipinski definition) is 1. The predicted octanol–water partition coefficient (Wildman–Crippen LogP) is 4.07. The van der Waals surface area contributed by atoms with Crippen molar-refractivity contribution in [1.82, 2.24) is 0 Å². The van der Waals surface area contributed by atoms with Crippen LogP contribution in [-0.2, 0) is 0 Å². The van der Waals surface area contributed by atoms with E-state index in [1.54, 1.807) is 43.3 Å². The Morgan fingerprint density at radius 2 is 1.95 bits per heavy atom. The summed E-state index contributed by atoms with van der Waals surface area (Å²) in [4.78, 5) is 0. The molecule has 1 unspecified atom stereocenters. The average Bonchev–Trinajstić information content (AvgIpc) is 2.43. The van der Waals surface area contributed by atoms with Gasteiger partial charge >= 0.3 is 0 Å². The summed E-state index contributed by atoms with van der Waals surface area (Å²) in [5.41, 5.74) is 0.839. The van der Waals surface area contributed by atoms with Crippen molar-refractivity contribution in [3.63, 3.8) is 0 Å². The number of benzene rings is 2. The minimum atomic E-state index is -1.02. The molecule has 2 rings (SSSR count). The van der Waals surface area contributed by atoms with E-state index in [1.807, 2.05) is 6.07 Å². The van der Waals surface area contributed by atoms with Crippen molar-refractivity contribution in [2.75, 3.05) is 6.61 Å². The number of halogens is 2. The van der Waals surface area contributed by atoms with Crippen molar-refractivity contribution in [2.24, 2.45) is 0 Å². The number of rotatable bonds is 4. The summed E-state index contributed by atoms with van der Waals surface area (Å²) in [6.07, 6.45) is -1.02. The van der Waals surface area contributed by atoms with Crippen LogP contribution < -0.4 is 4.74 Å². The molecule has 0 saturated heterocycles. The second-order valence-corrected chi connectivity index (χ2v) is 4.97. The fraction of sp³-hybridized carbons (Fsp3) is 0.200. The van der Waals surface area contributed by atoms with Gasteiger partial charge < -0.3 is 9.84 Å². The van der Waals surface area contributed by atoms with Gasteiger partial charge in [-0.2, -0.15) is 0 Å². The number of aliphatic hydroxyl groups excluding tert-OH is 1. The molecule has 0 bridgehead atoms. The van der Waals surface area contributed by atoms with Crippen LogP contribution in [0, 0.1) is 5.82 Å². The monoisotopic (exact) mass is 324 g/mol. The van der Waals surface area contributed by atoms with Gasteiger partial charge in [0.1, 0.15) is 6.10 Å². The van der Waals surface area contributed by atoms with Crippen LogP contribution in [0.2, 0.25) is 0 Å². The molecule has 0 aliphatic rings. The minimum absolute atomic E-state index is 0.141. The minimum Gasteiger partial charge on any atom is -0.491 e. The molecule has 0 heterocycles. The molecule has 19 heavy (non-hydrogen) atoms. The SMILES string of the molecule is CCOc1cc(Br)cc(C(O)c2ccccc2)c1F. The van der Waals surface area contributed by atoms with Gasteiger partial charge in [0, 0.05) is 10.0 Å². The molecule has 4 heteroatoms. The summed E-state index contributed by atoms with van der Waals surface area (Å²) in [5, 5.41) is 10.3. The van der Waals surface area contributed by atoms with Gasteiger partial charge in [0.2, 0.25) is 0 Å². The Bertz CT molecular complexity index is 558. The maximum Gasteiger partial charge on any atom is 0.171 e. The number of aliphatic hydroxyl groups is 1. The Labute approximate surface area is 120 Å². The summed E-state index contributed by atoms with van der Waals surface area (Å²) in [5.74, 6) is -0.386. The van der Waals surface area contributed by atoms with Crippen molar-refractivity contribution in [3.8, 4) is 5.75 Å². The van der Waals surface area contributed by atoms with Gasteiger partial charge in [-0.05, 0) is 24.6 Å². The first-order valence-electron chi connectivity index (χ1n) is 5.98. The summed E-state index contributed by atoms with van der Waals surface area (Å²) in [6.45, 7) is 2.15. The topological polar surface area (TPSA) is 29.5 Å². The third kappa shape index (κ3) is 3.14. The molecular weight excluding hydrogens is 311 g/mol. The van der Waals surface area contributed by atoms with Crippen LogP contribution in [0.4, 0.5) is 4.39 Å². The van der Waals surface area contributed by atoms with Crippen LogP contribution in [-0.4, -0.2) is 11.7 Å². The Kier molecular flexibility index (Phi) is 4.56.